The second kappa shape index (κ2) is 7.50. The number of aliphatic hydroxyl groups is 1. The lowest BCUT2D eigenvalue weighted by Crippen LogP contribution is -2.29. The maximum atomic E-state index is 9.68. The summed E-state index contributed by atoms with van der Waals surface area (Å²) in [4.78, 5) is 0. The molecule has 0 heterocycles. The highest BCUT2D eigenvalue weighted by Crippen LogP contribution is 2.25. The predicted octanol–water partition coefficient (Wildman–Crippen LogP) is 2.34. The molecule has 2 unspecified atom stereocenters. The molecule has 0 radical (unpaired) electrons. The van der Waals surface area contributed by atoms with E-state index in [9.17, 15) is 5.11 Å². The van der Waals surface area contributed by atoms with E-state index in [4.69, 9.17) is 9.47 Å². The van der Waals surface area contributed by atoms with Gasteiger partial charge in [-0.2, -0.15) is 0 Å². The summed E-state index contributed by atoms with van der Waals surface area (Å²) in [7, 11) is 3.35. The molecule has 0 spiro atoms. The Balaban J connectivity index is 1.86. The molecule has 4 nitrogen and oxygen atoms in total. The van der Waals surface area contributed by atoms with Crippen molar-refractivity contribution >= 4 is 0 Å². The maximum Gasteiger partial charge on any atom is 0.123 e. The van der Waals surface area contributed by atoms with Gasteiger partial charge in [0.15, 0.2) is 0 Å². The van der Waals surface area contributed by atoms with E-state index in [-0.39, 0.29) is 6.10 Å². The van der Waals surface area contributed by atoms with Gasteiger partial charge in [0.2, 0.25) is 0 Å². The fourth-order valence-electron chi connectivity index (χ4n) is 2.88. The summed E-state index contributed by atoms with van der Waals surface area (Å²) in [6.45, 7) is 1.70. The van der Waals surface area contributed by atoms with Gasteiger partial charge in [-0.25, -0.2) is 0 Å². The Hall–Kier alpha value is -1.26. The number of methoxy groups -OCH3 is 2. The van der Waals surface area contributed by atoms with Crippen LogP contribution in [0.5, 0.6) is 11.5 Å². The topological polar surface area (TPSA) is 50.7 Å². The van der Waals surface area contributed by atoms with Crippen molar-refractivity contribution in [2.24, 2.45) is 5.92 Å². The Morgan fingerprint density at radius 2 is 2.10 bits per heavy atom. The van der Waals surface area contributed by atoms with Crippen LogP contribution in [-0.2, 0) is 6.54 Å². The Kier molecular flexibility index (Phi) is 5.68. The van der Waals surface area contributed by atoms with E-state index >= 15 is 0 Å². The van der Waals surface area contributed by atoms with Gasteiger partial charge in [0.05, 0.1) is 20.3 Å². The lowest BCUT2D eigenvalue weighted by molar-refractivity contribution is 0.101. The lowest BCUT2D eigenvalue weighted by atomic mass is 9.87. The van der Waals surface area contributed by atoms with Crippen LogP contribution < -0.4 is 14.8 Å². The zero-order chi connectivity index (χ0) is 14.4. The molecule has 112 valence electrons. The van der Waals surface area contributed by atoms with Gasteiger partial charge in [0, 0.05) is 12.1 Å². The summed E-state index contributed by atoms with van der Waals surface area (Å²) in [5.74, 6) is 2.30. The van der Waals surface area contributed by atoms with Crippen LogP contribution in [0, 0.1) is 5.92 Å². The number of benzene rings is 1. The summed E-state index contributed by atoms with van der Waals surface area (Å²) < 4.78 is 10.6. The summed E-state index contributed by atoms with van der Waals surface area (Å²) in [5.41, 5.74) is 1.10. The fourth-order valence-corrected chi connectivity index (χ4v) is 2.88. The van der Waals surface area contributed by atoms with E-state index in [0.717, 1.165) is 49.4 Å². The van der Waals surface area contributed by atoms with Gasteiger partial charge in [0.1, 0.15) is 11.5 Å². The first-order chi connectivity index (χ1) is 9.72. The third-order valence-corrected chi connectivity index (χ3v) is 3.99. The highest BCUT2D eigenvalue weighted by molar-refractivity contribution is 5.40. The first-order valence-electron chi connectivity index (χ1n) is 7.32. The fraction of sp³-hybridized carbons (Fsp3) is 0.625. The third kappa shape index (κ3) is 4.12. The lowest BCUT2D eigenvalue weighted by Gasteiger charge is -2.26. The van der Waals surface area contributed by atoms with Gasteiger partial charge in [-0.1, -0.05) is 6.42 Å². The van der Waals surface area contributed by atoms with Gasteiger partial charge in [-0.05, 0) is 49.9 Å². The van der Waals surface area contributed by atoms with Crippen molar-refractivity contribution in [3.8, 4) is 11.5 Å². The van der Waals surface area contributed by atoms with Gasteiger partial charge in [0.25, 0.3) is 0 Å². The zero-order valence-corrected chi connectivity index (χ0v) is 12.4. The average Bonchev–Trinajstić information content (AvgIpc) is 2.47. The Labute approximate surface area is 121 Å². The Bertz CT molecular complexity index is 422. The molecule has 1 aromatic carbocycles. The highest BCUT2D eigenvalue weighted by atomic mass is 16.5. The Morgan fingerprint density at radius 1 is 1.25 bits per heavy atom. The van der Waals surface area contributed by atoms with Gasteiger partial charge < -0.3 is 19.9 Å². The third-order valence-electron chi connectivity index (χ3n) is 3.99. The molecule has 0 amide bonds. The van der Waals surface area contributed by atoms with Crippen molar-refractivity contribution in [2.45, 2.75) is 38.3 Å². The number of hydrogen-bond donors (Lipinski definition) is 2. The monoisotopic (exact) mass is 279 g/mol. The molecule has 1 aliphatic carbocycles. The first-order valence-corrected chi connectivity index (χ1v) is 7.32. The summed E-state index contributed by atoms with van der Waals surface area (Å²) in [6.07, 6.45) is 4.11. The molecule has 0 aromatic heterocycles. The molecule has 20 heavy (non-hydrogen) atoms. The molecule has 0 aliphatic heterocycles. The number of ether oxygens (including phenoxy) is 2. The zero-order valence-electron chi connectivity index (χ0n) is 12.4. The second-order valence-electron chi connectivity index (χ2n) is 5.50. The number of hydrogen-bond acceptors (Lipinski definition) is 4. The molecule has 1 aliphatic rings. The largest absolute Gasteiger partial charge is 0.497 e. The van der Waals surface area contributed by atoms with E-state index in [0.29, 0.717) is 5.92 Å². The maximum absolute atomic E-state index is 9.68. The predicted molar refractivity (Wildman–Crippen MR) is 79.2 cm³/mol. The minimum absolute atomic E-state index is 0.109. The first kappa shape index (κ1) is 15.1. The normalized spacial score (nSPS) is 22.6. The van der Waals surface area contributed by atoms with Gasteiger partial charge >= 0.3 is 0 Å². The number of nitrogens with one attached hydrogen (secondary N) is 1. The van der Waals surface area contributed by atoms with Crippen LogP contribution in [0.1, 0.15) is 31.2 Å². The molecule has 4 heteroatoms. The van der Waals surface area contributed by atoms with Crippen LogP contribution in [0.4, 0.5) is 0 Å². The molecule has 0 bridgehead atoms. The van der Waals surface area contributed by atoms with Gasteiger partial charge in [-0.15, -0.1) is 0 Å². The van der Waals surface area contributed by atoms with Crippen LogP contribution in [0.2, 0.25) is 0 Å². The quantitative estimate of drug-likeness (QED) is 0.839. The molecule has 1 fully saturated rings. The van der Waals surface area contributed by atoms with Crippen molar-refractivity contribution in [2.75, 3.05) is 20.8 Å². The van der Waals surface area contributed by atoms with Gasteiger partial charge in [-0.3, -0.25) is 0 Å². The van der Waals surface area contributed by atoms with Crippen molar-refractivity contribution in [1.29, 1.82) is 0 Å². The molecule has 0 saturated heterocycles. The van der Waals surface area contributed by atoms with Crippen molar-refractivity contribution in [1.82, 2.24) is 5.32 Å². The van der Waals surface area contributed by atoms with Crippen LogP contribution in [0.3, 0.4) is 0 Å². The molecule has 2 N–H and O–H groups in total. The molecule has 1 aromatic rings. The van der Waals surface area contributed by atoms with E-state index in [2.05, 4.69) is 5.32 Å². The minimum atomic E-state index is -0.109. The van der Waals surface area contributed by atoms with E-state index in [1.54, 1.807) is 14.2 Å². The van der Waals surface area contributed by atoms with Crippen LogP contribution in [0.15, 0.2) is 18.2 Å². The van der Waals surface area contributed by atoms with E-state index in [1.807, 2.05) is 18.2 Å². The molecule has 2 atom stereocenters. The summed E-state index contributed by atoms with van der Waals surface area (Å²) >= 11 is 0. The summed E-state index contributed by atoms with van der Waals surface area (Å²) in [5, 5.41) is 13.2. The highest BCUT2D eigenvalue weighted by Gasteiger charge is 2.19. The number of rotatable bonds is 6. The van der Waals surface area contributed by atoms with Crippen LogP contribution in [0.25, 0.3) is 0 Å². The molecule has 1 saturated carbocycles. The molecular weight excluding hydrogens is 254 g/mol. The standard InChI is InChI=1S/C16H25NO3/c1-19-15-6-7-16(20-2)13(9-15)11-17-10-12-4-3-5-14(18)8-12/h6-7,9,12,14,17-18H,3-5,8,10-11H2,1-2H3. The smallest absolute Gasteiger partial charge is 0.123 e. The molecule has 2 rings (SSSR count). The van der Waals surface area contributed by atoms with Crippen LogP contribution in [-0.4, -0.2) is 32.0 Å². The molecular formula is C16H25NO3. The Morgan fingerprint density at radius 3 is 2.80 bits per heavy atom. The van der Waals surface area contributed by atoms with Crippen molar-refractivity contribution in [3.63, 3.8) is 0 Å². The second-order valence-corrected chi connectivity index (χ2v) is 5.50. The van der Waals surface area contributed by atoms with Crippen molar-refractivity contribution in [3.05, 3.63) is 23.8 Å². The average molecular weight is 279 g/mol. The van der Waals surface area contributed by atoms with E-state index in [1.165, 1.54) is 6.42 Å². The van der Waals surface area contributed by atoms with E-state index < -0.39 is 0 Å². The SMILES string of the molecule is COc1ccc(OC)c(CNCC2CCCC(O)C2)c1. The van der Waals surface area contributed by atoms with Crippen molar-refractivity contribution < 1.29 is 14.6 Å². The minimum Gasteiger partial charge on any atom is -0.497 e. The number of aliphatic hydroxyl groups excluding tert-OH is 1. The summed E-state index contributed by atoms with van der Waals surface area (Å²) in [6, 6.07) is 5.83. The van der Waals surface area contributed by atoms with Crippen LogP contribution >= 0.6 is 0 Å².